The SMILES string of the molecule is NC1CCC(NC(=O)c2ccno2)CC1. The van der Waals surface area contributed by atoms with Crippen molar-refractivity contribution in [3.8, 4) is 0 Å². The van der Waals surface area contributed by atoms with E-state index in [-0.39, 0.29) is 17.7 Å². The molecule has 1 aromatic rings. The van der Waals surface area contributed by atoms with Crippen molar-refractivity contribution >= 4 is 5.91 Å². The average Bonchev–Trinajstić information content (AvgIpc) is 2.74. The van der Waals surface area contributed by atoms with Gasteiger partial charge in [0.1, 0.15) is 0 Å². The molecule has 0 atom stereocenters. The van der Waals surface area contributed by atoms with E-state index in [0.717, 1.165) is 25.7 Å². The first-order valence-electron chi connectivity index (χ1n) is 5.23. The van der Waals surface area contributed by atoms with Gasteiger partial charge in [0, 0.05) is 18.2 Å². The molecule has 5 heteroatoms. The van der Waals surface area contributed by atoms with Crippen LogP contribution < -0.4 is 11.1 Å². The number of rotatable bonds is 2. The molecule has 1 aromatic heterocycles. The Labute approximate surface area is 88.0 Å². The summed E-state index contributed by atoms with van der Waals surface area (Å²) in [7, 11) is 0. The van der Waals surface area contributed by atoms with Crippen molar-refractivity contribution < 1.29 is 9.32 Å². The number of hydrogen-bond acceptors (Lipinski definition) is 4. The minimum Gasteiger partial charge on any atom is -0.351 e. The largest absolute Gasteiger partial charge is 0.351 e. The Hall–Kier alpha value is -1.36. The topological polar surface area (TPSA) is 81.1 Å². The predicted octanol–water partition coefficient (Wildman–Crippen LogP) is 0.674. The van der Waals surface area contributed by atoms with E-state index in [4.69, 9.17) is 10.3 Å². The molecule has 0 spiro atoms. The summed E-state index contributed by atoms with van der Waals surface area (Å²) < 4.78 is 4.77. The summed E-state index contributed by atoms with van der Waals surface area (Å²) >= 11 is 0. The Bertz CT molecular complexity index is 315. The molecule has 1 aliphatic carbocycles. The number of nitrogens with two attached hydrogens (primary N) is 1. The highest BCUT2D eigenvalue weighted by atomic mass is 16.5. The second kappa shape index (κ2) is 4.44. The number of hydrogen-bond donors (Lipinski definition) is 2. The summed E-state index contributed by atoms with van der Waals surface area (Å²) in [4.78, 5) is 11.6. The van der Waals surface area contributed by atoms with Crippen LogP contribution in [0.25, 0.3) is 0 Å². The molecule has 1 saturated carbocycles. The second-order valence-corrected chi connectivity index (χ2v) is 3.96. The van der Waals surface area contributed by atoms with E-state index in [1.54, 1.807) is 6.07 Å². The molecule has 0 aromatic carbocycles. The van der Waals surface area contributed by atoms with E-state index in [9.17, 15) is 4.79 Å². The third-order valence-corrected chi connectivity index (χ3v) is 2.77. The van der Waals surface area contributed by atoms with E-state index >= 15 is 0 Å². The van der Waals surface area contributed by atoms with Gasteiger partial charge in [-0.25, -0.2) is 0 Å². The van der Waals surface area contributed by atoms with Crippen molar-refractivity contribution in [2.45, 2.75) is 37.8 Å². The summed E-state index contributed by atoms with van der Waals surface area (Å²) in [5.41, 5.74) is 5.78. The van der Waals surface area contributed by atoms with Gasteiger partial charge in [-0.2, -0.15) is 0 Å². The first kappa shape index (κ1) is 10.2. The molecule has 1 fully saturated rings. The molecule has 1 amide bonds. The lowest BCUT2D eigenvalue weighted by atomic mass is 9.92. The summed E-state index contributed by atoms with van der Waals surface area (Å²) in [5, 5.41) is 6.41. The number of amides is 1. The van der Waals surface area contributed by atoms with Gasteiger partial charge in [-0.1, -0.05) is 5.16 Å². The van der Waals surface area contributed by atoms with Crippen molar-refractivity contribution in [3.05, 3.63) is 18.0 Å². The molecule has 3 N–H and O–H groups in total. The van der Waals surface area contributed by atoms with Crippen LogP contribution in [0.1, 0.15) is 36.2 Å². The van der Waals surface area contributed by atoms with Gasteiger partial charge in [-0.05, 0) is 25.7 Å². The maximum absolute atomic E-state index is 11.6. The lowest BCUT2D eigenvalue weighted by Gasteiger charge is -2.26. The molecule has 0 bridgehead atoms. The van der Waals surface area contributed by atoms with Gasteiger partial charge in [0.05, 0.1) is 6.20 Å². The van der Waals surface area contributed by atoms with Gasteiger partial charge in [0.15, 0.2) is 0 Å². The molecule has 0 unspecified atom stereocenters. The van der Waals surface area contributed by atoms with Crippen LogP contribution in [0.5, 0.6) is 0 Å². The highest BCUT2D eigenvalue weighted by molar-refractivity contribution is 5.91. The molecule has 1 heterocycles. The van der Waals surface area contributed by atoms with Crippen molar-refractivity contribution in [1.82, 2.24) is 10.5 Å². The Morgan fingerprint density at radius 2 is 2.20 bits per heavy atom. The smallest absolute Gasteiger partial charge is 0.290 e. The van der Waals surface area contributed by atoms with E-state index in [1.807, 2.05) is 0 Å². The van der Waals surface area contributed by atoms with E-state index in [0.29, 0.717) is 6.04 Å². The first-order valence-corrected chi connectivity index (χ1v) is 5.23. The maximum atomic E-state index is 11.6. The number of nitrogens with zero attached hydrogens (tertiary/aromatic N) is 1. The fourth-order valence-electron chi connectivity index (χ4n) is 1.85. The normalized spacial score (nSPS) is 26.2. The van der Waals surface area contributed by atoms with Crippen LogP contribution in [0.3, 0.4) is 0 Å². The Kier molecular flexibility index (Phi) is 3.01. The molecular weight excluding hydrogens is 194 g/mol. The maximum Gasteiger partial charge on any atom is 0.290 e. The fraction of sp³-hybridized carbons (Fsp3) is 0.600. The molecule has 5 nitrogen and oxygen atoms in total. The Morgan fingerprint density at radius 3 is 2.80 bits per heavy atom. The van der Waals surface area contributed by atoms with Crippen molar-refractivity contribution in [3.63, 3.8) is 0 Å². The van der Waals surface area contributed by atoms with Gasteiger partial charge < -0.3 is 15.6 Å². The van der Waals surface area contributed by atoms with Crippen LogP contribution >= 0.6 is 0 Å². The van der Waals surface area contributed by atoms with E-state index in [1.165, 1.54) is 6.20 Å². The summed E-state index contributed by atoms with van der Waals surface area (Å²) in [6, 6.07) is 2.08. The minimum absolute atomic E-state index is 0.187. The second-order valence-electron chi connectivity index (χ2n) is 3.96. The van der Waals surface area contributed by atoms with Gasteiger partial charge >= 0.3 is 0 Å². The number of nitrogens with one attached hydrogen (secondary N) is 1. The van der Waals surface area contributed by atoms with Crippen LogP contribution in [0.4, 0.5) is 0 Å². The first-order chi connectivity index (χ1) is 7.25. The number of aromatic nitrogens is 1. The van der Waals surface area contributed by atoms with Crippen molar-refractivity contribution in [2.24, 2.45) is 5.73 Å². The van der Waals surface area contributed by atoms with Crippen LogP contribution in [-0.4, -0.2) is 23.1 Å². The van der Waals surface area contributed by atoms with E-state index < -0.39 is 0 Å². The molecule has 1 aliphatic rings. The van der Waals surface area contributed by atoms with Crippen molar-refractivity contribution in [1.29, 1.82) is 0 Å². The lowest BCUT2D eigenvalue weighted by molar-refractivity contribution is 0.0888. The van der Waals surface area contributed by atoms with E-state index in [2.05, 4.69) is 10.5 Å². The molecule has 82 valence electrons. The zero-order valence-corrected chi connectivity index (χ0v) is 8.48. The zero-order valence-electron chi connectivity index (χ0n) is 8.48. The fourth-order valence-corrected chi connectivity index (χ4v) is 1.85. The lowest BCUT2D eigenvalue weighted by Crippen LogP contribution is -2.40. The molecule has 0 saturated heterocycles. The molecule has 0 radical (unpaired) electrons. The molecule has 15 heavy (non-hydrogen) atoms. The van der Waals surface area contributed by atoms with Crippen LogP contribution in [0, 0.1) is 0 Å². The van der Waals surface area contributed by atoms with Crippen molar-refractivity contribution in [2.75, 3.05) is 0 Å². The quantitative estimate of drug-likeness (QED) is 0.750. The summed E-state index contributed by atoms with van der Waals surface area (Å²) in [6.07, 6.45) is 5.30. The Balaban J connectivity index is 1.85. The monoisotopic (exact) mass is 209 g/mol. The number of carbonyl (C=O) groups is 1. The third kappa shape index (κ3) is 2.56. The predicted molar refractivity (Wildman–Crippen MR) is 54.2 cm³/mol. The van der Waals surface area contributed by atoms with Crippen LogP contribution in [0.2, 0.25) is 0 Å². The van der Waals surface area contributed by atoms with Gasteiger partial charge in [-0.3, -0.25) is 4.79 Å². The van der Waals surface area contributed by atoms with Gasteiger partial charge in [0.2, 0.25) is 5.76 Å². The van der Waals surface area contributed by atoms with Crippen LogP contribution in [-0.2, 0) is 0 Å². The minimum atomic E-state index is -0.187. The molecular formula is C10H15N3O2. The third-order valence-electron chi connectivity index (χ3n) is 2.77. The Morgan fingerprint density at radius 1 is 1.47 bits per heavy atom. The van der Waals surface area contributed by atoms with Gasteiger partial charge in [-0.15, -0.1) is 0 Å². The molecule has 2 rings (SSSR count). The standard InChI is InChI=1S/C10H15N3O2/c11-7-1-3-8(4-2-7)13-10(14)9-5-6-12-15-9/h5-8H,1-4,11H2,(H,13,14). The highest BCUT2D eigenvalue weighted by Crippen LogP contribution is 2.17. The highest BCUT2D eigenvalue weighted by Gasteiger charge is 2.21. The van der Waals surface area contributed by atoms with Crippen LogP contribution in [0.15, 0.2) is 16.8 Å². The number of carbonyl (C=O) groups excluding carboxylic acids is 1. The zero-order chi connectivity index (χ0) is 10.7. The molecule has 0 aliphatic heterocycles. The summed E-state index contributed by atoms with van der Waals surface area (Å²) in [6.45, 7) is 0. The van der Waals surface area contributed by atoms with Gasteiger partial charge in [0.25, 0.3) is 5.91 Å². The average molecular weight is 209 g/mol. The summed E-state index contributed by atoms with van der Waals surface area (Å²) in [5.74, 6) is 0.0813.